The van der Waals surface area contributed by atoms with E-state index in [9.17, 15) is 9.59 Å². The van der Waals surface area contributed by atoms with E-state index in [1.807, 2.05) is 66.7 Å². The molecule has 0 radical (unpaired) electrons. The lowest BCUT2D eigenvalue weighted by molar-refractivity contribution is -0.112. The zero-order valence-corrected chi connectivity index (χ0v) is 18.4. The SMILES string of the molecule is O=C(NC1CCSC1=O)c1ccccc1Nc1ccc2c(/C=C/c3ccccn3)n[nH]c2c1. The van der Waals surface area contributed by atoms with E-state index in [4.69, 9.17) is 0 Å². The second-order valence-electron chi connectivity index (χ2n) is 7.61. The largest absolute Gasteiger partial charge is 0.355 e. The van der Waals surface area contributed by atoms with Gasteiger partial charge in [0.2, 0.25) is 5.12 Å². The van der Waals surface area contributed by atoms with Gasteiger partial charge in [-0.3, -0.25) is 19.7 Å². The number of amides is 1. The summed E-state index contributed by atoms with van der Waals surface area (Å²) in [6.45, 7) is 0. The van der Waals surface area contributed by atoms with Crippen LogP contribution in [0, 0.1) is 0 Å². The molecular formula is C25H21N5O2S. The van der Waals surface area contributed by atoms with Gasteiger partial charge < -0.3 is 10.6 Å². The number of carbonyl (C=O) groups is 2. The molecule has 7 nitrogen and oxygen atoms in total. The van der Waals surface area contributed by atoms with Crippen LogP contribution in [0.25, 0.3) is 23.1 Å². The Labute approximate surface area is 194 Å². The van der Waals surface area contributed by atoms with E-state index in [2.05, 4.69) is 25.8 Å². The van der Waals surface area contributed by atoms with Gasteiger partial charge in [-0.1, -0.05) is 30.0 Å². The smallest absolute Gasteiger partial charge is 0.254 e. The maximum absolute atomic E-state index is 12.8. The van der Waals surface area contributed by atoms with Crippen molar-refractivity contribution >= 4 is 57.2 Å². The van der Waals surface area contributed by atoms with Crippen molar-refractivity contribution in [2.24, 2.45) is 0 Å². The first kappa shape index (κ1) is 21.0. The predicted molar refractivity (Wildman–Crippen MR) is 132 cm³/mol. The molecule has 1 fully saturated rings. The van der Waals surface area contributed by atoms with E-state index in [-0.39, 0.29) is 11.0 Å². The number of hydrogen-bond acceptors (Lipinski definition) is 6. The molecular weight excluding hydrogens is 434 g/mol. The summed E-state index contributed by atoms with van der Waals surface area (Å²) in [7, 11) is 0. The Morgan fingerprint density at radius 2 is 1.97 bits per heavy atom. The number of hydrogen-bond donors (Lipinski definition) is 3. The normalized spacial score (nSPS) is 15.9. The van der Waals surface area contributed by atoms with E-state index in [1.54, 1.807) is 12.3 Å². The number of H-pyrrole nitrogens is 1. The first-order valence-corrected chi connectivity index (χ1v) is 11.6. The molecule has 1 amide bonds. The van der Waals surface area contributed by atoms with E-state index in [0.29, 0.717) is 17.7 Å². The van der Waals surface area contributed by atoms with Crippen LogP contribution in [0.15, 0.2) is 66.9 Å². The molecule has 1 saturated heterocycles. The number of aromatic nitrogens is 3. The number of rotatable bonds is 6. The Balaban J connectivity index is 1.35. The molecule has 0 saturated carbocycles. The first-order chi connectivity index (χ1) is 16.2. The molecule has 0 spiro atoms. The summed E-state index contributed by atoms with van der Waals surface area (Å²) < 4.78 is 0. The fourth-order valence-electron chi connectivity index (χ4n) is 3.69. The summed E-state index contributed by atoms with van der Waals surface area (Å²) in [5.74, 6) is 0.482. The monoisotopic (exact) mass is 455 g/mol. The number of anilines is 2. The highest BCUT2D eigenvalue weighted by Gasteiger charge is 2.27. The zero-order valence-electron chi connectivity index (χ0n) is 17.6. The number of thioether (sulfide) groups is 1. The minimum absolute atomic E-state index is 0.0198. The molecule has 2 aromatic carbocycles. The van der Waals surface area contributed by atoms with Crippen LogP contribution in [0.3, 0.4) is 0 Å². The molecule has 8 heteroatoms. The van der Waals surface area contributed by atoms with Crippen LogP contribution < -0.4 is 10.6 Å². The van der Waals surface area contributed by atoms with Crippen LogP contribution in [0.5, 0.6) is 0 Å². The molecule has 5 rings (SSSR count). The average Bonchev–Trinajstić information content (AvgIpc) is 3.44. The number of para-hydroxylation sites is 1. The molecule has 1 aliphatic rings. The van der Waals surface area contributed by atoms with Crippen LogP contribution in [-0.2, 0) is 4.79 Å². The summed E-state index contributed by atoms with van der Waals surface area (Å²) in [6.07, 6.45) is 6.27. The molecule has 1 atom stereocenters. The van der Waals surface area contributed by atoms with Crippen molar-refractivity contribution in [1.82, 2.24) is 20.5 Å². The van der Waals surface area contributed by atoms with Gasteiger partial charge in [0.05, 0.1) is 34.2 Å². The highest BCUT2D eigenvalue weighted by Crippen LogP contribution is 2.26. The van der Waals surface area contributed by atoms with Crippen molar-refractivity contribution in [2.45, 2.75) is 12.5 Å². The predicted octanol–water partition coefficient (Wildman–Crippen LogP) is 4.63. The van der Waals surface area contributed by atoms with E-state index >= 15 is 0 Å². The second-order valence-corrected chi connectivity index (χ2v) is 8.71. The number of benzene rings is 2. The van der Waals surface area contributed by atoms with Crippen molar-refractivity contribution < 1.29 is 9.59 Å². The summed E-state index contributed by atoms with van der Waals surface area (Å²) >= 11 is 1.27. The van der Waals surface area contributed by atoms with E-state index in [1.165, 1.54) is 11.8 Å². The summed E-state index contributed by atoms with van der Waals surface area (Å²) in [5, 5.41) is 14.6. The first-order valence-electron chi connectivity index (χ1n) is 10.6. The average molecular weight is 456 g/mol. The third-order valence-electron chi connectivity index (χ3n) is 5.38. The lowest BCUT2D eigenvalue weighted by atomic mass is 10.1. The third-order valence-corrected chi connectivity index (χ3v) is 6.39. The Hall–Kier alpha value is -3.91. The fourth-order valence-corrected chi connectivity index (χ4v) is 4.63. The number of nitrogens with one attached hydrogen (secondary N) is 3. The Kier molecular flexibility index (Phi) is 5.91. The van der Waals surface area contributed by atoms with Crippen molar-refractivity contribution in [2.75, 3.05) is 11.1 Å². The topological polar surface area (TPSA) is 99.8 Å². The van der Waals surface area contributed by atoms with Crippen molar-refractivity contribution in [3.8, 4) is 0 Å². The molecule has 0 bridgehead atoms. The maximum atomic E-state index is 12.8. The molecule has 4 aromatic rings. The summed E-state index contributed by atoms with van der Waals surface area (Å²) in [5.41, 5.74) is 4.53. The van der Waals surface area contributed by atoms with Gasteiger partial charge in [-0.05, 0) is 61.0 Å². The van der Waals surface area contributed by atoms with Gasteiger partial charge in [0.1, 0.15) is 0 Å². The standard InChI is InChI=1S/C25H21N5O2S/c31-24(28-22-12-14-33-25(22)32)19-6-1-2-7-20(19)27-17-8-10-18-21(29-30-23(18)15-17)11-9-16-5-3-4-13-26-16/h1-11,13,15,22,27H,12,14H2,(H,28,31)(H,29,30)/b11-9+. The zero-order chi connectivity index (χ0) is 22.6. The van der Waals surface area contributed by atoms with Crippen LogP contribution in [0.4, 0.5) is 11.4 Å². The van der Waals surface area contributed by atoms with Gasteiger partial charge in [-0.15, -0.1) is 0 Å². The molecule has 1 unspecified atom stereocenters. The van der Waals surface area contributed by atoms with Gasteiger partial charge >= 0.3 is 0 Å². The summed E-state index contributed by atoms with van der Waals surface area (Å²) in [4.78, 5) is 29.0. The Morgan fingerprint density at radius 1 is 1.09 bits per heavy atom. The quantitative estimate of drug-likeness (QED) is 0.392. The molecule has 164 valence electrons. The molecule has 3 N–H and O–H groups in total. The van der Waals surface area contributed by atoms with Crippen molar-refractivity contribution in [1.29, 1.82) is 0 Å². The molecule has 0 aliphatic carbocycles. The fraction of sp³-hybridized carbons (Fsp3) is 0.120. The molecule has 1 aliphatic heterocycles. The number of fused-ring (bicyclic) bond motifs is 1. The van der Waals surface area contributed by atoms with Crippen LogP contribution in [0.2, 0.25) is 0 Å². The third kappa shape index (κ3) is 4.65. The van der Waals surface area contributed by atoms with Crippen molar-refractivity contribution in [3.63, 3.8) is 0 Å². The van der Waals surface area contributed by atoms with Gasteiger partial charge in [0.25, 0.3) is 5.91 Å². The minimum Gasteiger partial charge on any atom is -0.355 e. The highest BCUT2D eigenvalue weighted by molar-refractivity contribution is 8.14. The van der Waals surface area contributed by atoms with Crippen LogP contribution >= 0.6 is 11.8 Å². The van der Waals surface area contributed by atoms with Crippen molar-refractivity contribution in [3.05, 3.63) is 83.8 Å². The Morgan fingerprint density at radius 3 is 2.79 bits per heavy atom. The van der Waals surface area contributed by atoms with Crippen LogP contribution in [-0.4, -0.2) is 38.0 Å². The van der Waals surface area contributed by atoms with Gasteiger partial charge in [0, 0.05) is 23.0 Å². The minimum atomic E-state index is -0.422. The van der Waals surface area contributed by atoms with Gasteiger partial charge in [-0.2, -0.15) is 5.10 Å². The highest BCUT2D eigenvalue weighted by atomic mass is 32.2. The molecule has 2 aromatic heterocycles. The molecule has 3 heterocycles. The van der Waals surface area contributed by atoms with E-state index in [0.717, 1.165) is 33.7 Å². The molecule has 33 heavy (non-hydrogen) atoms. The second kappa shape index (κ2) is 9.30. The lowest BCUT2D eigenvalue weighted by Crippen LogP contribution is -2.37. The van der Waals surface area contributed by atoms with Crippen LogP contribution in [0.1, 0.15) is 28.2 Å². The number of aromatic amines is 1. The Bertz CT molecular complexity index is 1350. The number of nitrogens with zero attached hydrogens (tertiary/aromatic N) is 2. The number of carbonyl (C=O) groups excluding carboxylic acids is 2. The van der Waals surface area contributed by atoms with Gasteiger partial charge in [0.15, 0.2) is 0 Å². The van der Waals surface area contributed by atoms with Gasteiger partial charge in [-0.25, -0.2) is 0 Å². The van der Waals surface area contributed by atoms with E-state index < -0.39 is 6.04 Å². The maximum Gasteiger partial charge on any atom is 0.254 e. The lowest BCUT2D eigenvalue weighted by Gasteiger charge is -2.14. The summed E-state index contributed by atoms with van der Waals surface area (Å²) in [6, 6.07) is 18.5. The number of pyridine rings is 1.